The van der Waals surface area contributed by atoms with Gasteiger partial charge in [0, 0.05) is 17.6 Å². The molecule has 162 valence electrons. The van der Waals surface area contributed by atoms with Crippen molar-refractivity contribution in [3.8, 4) is 5.75 Å². The number of carbonyl (C=O) groups is 2. The Bertz CT molecular complexity index is 883. The summed E-state index contributed by atoms with van der Waals surface area (Å²) in [6.07, 6.45) is 0. The summed E-state index contributed by atoms with van der Waals surface area (Å²) in [7, 11) is 0. The third-order valence-corrected chi connectivity index (χ3v) is 5.43. The molecule has 6 heteroatoms. The minimum atomic E-state index is -0.612. The second kappa shape index (κ2) is 11.2. The van der Waals surface area contributed by atoms with Crippen molar-refractivity contribution in [3.63, 3.8) is 0 Å². The molecule has 0 radical (unpaired) electrons. The Kier molecular flexibility index (Phi) is 8.90. The van der Waals surface area contributed by atoms with E-state index >= 15 is 0 Å². The molecule has 1 atom stereocenters. The van der Waals surface area contributed by atoms with E-state index in [1.807, 2.05) is 70.2 Å². The maximum atomic E-state index is 13.1. The van der Waals surface area contributed by atoms with Gasteiger partial charge in [-0.25, -0.2) is 0 Å². The molecule has 0 saturated carbocycles. The van der Waals surface area contributed by atoms with Crippen LogP contribution in [0, 0.1) is 19.8 Å². The van der Waals surface area contributed by atoms with Crippen LogP contribution in [0.15, 0.2) is 46.9 Å². The number of ether oxygens (including phenoxy) is 1. The molecule has 2 amide bonds. The number of hydrogen-bond donors (Lipinski definition) is 1. The van der Waals surface area contributed by atoms with Crippen LogP contribution in [-0.4, -0.2) is 35.9 Å². The van der Waals surface area contributed by atoms with Crippen molar-refractivity contribution in [2.75, 3.05) is 13.2 Å². The van der Waals surface area contributed by atoms with Gasteiger partial charge in [-0.05, 0) is 67.6 Å². The molecule has 0 bridgehead atoms. The van der Waals surface area contributed by atoms with Crippen molar-refractivity contribution < 1.29 is 14.3 Å². The molecule has 0 saturated heterocycles. The van der Waals surface area contributed by atoms with Crippen LogP contribution >= 0.6 is 15.9 Å². The Morgan fingerprint density at radius 3 is 2.43 bits per heavy atom. The highest BCUT2D eigenvalue weighted by atomic mass is 79.9. The van der Waals surface area contributed by atoms with E-state index in [2.05, 4.69) is 21.2 Å². The minimum Gasteiger partial charge on any atom is -0.484 e. The van der Waals surface area contributed by atoms with Crippen molar-refractivity contribution in [1.82, 2.24) is 10.2 Å². The predicted molar refractivity (Wildman–Crippen MR) is 123 cm³/mol. The van der Waals surface area contributed by atoms with Crippen molar-refractivity contribution in [1.29, 1.82) is 0 Å². The molecule has 0 aromatic heterocycles. The second-order valence-electron chi connectivity index (χ2n) is 8.00. The average Bonchev–Trinajstić information content (AvgIpc) is 2.70. The van der Waals surface area contributed by atoms with Gasteiger partial charge in [0.15, 0.2) is 6.61 Å². The third kappa shape index (κ3) is 7.17. The lowest BCUT2D eigenvalue weighted by Crippen LogP contribution is -2.49. The summed E-state index contributed by atoms with van der Waals surface area (Å²) >= 11 is 3.46. The highest BCUT2D eigenvalue weighted by Crippen LogP contribution is 2.18. The molecule has 2 aromatic rings. The first-order valence-electron chi connectivity index (χ1n) is 10.2. The minimum absolute atomic E-state index is 0.127. The Hall–Kier alpha value is -2.34. The van der Waals surface area contributed by atoms with Gasteiger partial charge in [-0.15, -0.1) is 0 Å². The molecule has 0 fully saturated rings. The van der Waals surface area contributed by atoms with Crippen LogP contribution < -0.4 is 10.1 Å². The summed E-state index contributed by atoms with van der Waals surface area (Å²) in [6.45, 7) is 10.6. The lowest BCUT2D eigenvalue weighted by atomic mass is 10.1. The van der Waals surface area contributed by atoms with Gasteiger partial charge in [0.25, 0.3) is 5.91 Å². The summed E-state index contributed by atoms with van der Waals surface area (Å²) in [5.74, 6) is 0.577. The average molecular weight is 475 g/mol. The summed E-state index contributed by atoms with van der Waals surface area (Å²) in [4.78, 5) is 27.3. The number of aryl methyl sites for hydroxylation is 2. The summed E-state index contributed by atoms with van der Waals surface area (Å²) in [5, 5.41) is 2.92. The quantitative estimate of drug-likeness (QED) is 0.575. The Balaban J connectivity index is 2.14. The number of benzene rings is 2. The molecule has 1 N–H and O–H groups in total. The van der Waals surface area contributed by atoms with Crippen molar-refractivity contribution in [3.05, 3.63) is 63.6 Å². The Morgan fingerprint density at radius 2 is 1.80 bits per heavy atom. The van der Waals surface area contributed by atoms with Gasteiger partial charge >= 0.3 is 0 Å². The third-order valence-electron chi connectivity index (χ3n) is 4.93. The molecule has 0 aliphatic carbocycles. The van der Waals surface area contributed by atoms with Gasteiger partial charge in [-0.3, -0.25) is 9.59 Å². The molecule has 2 aromatic carbocycles. The normalized spacial score (nSPS) is 11.8. The lowest BCUT2D eigenvalue weighted by molar-refractivity contribution is -0.142. The SMILES string of the molecule is Cc1ccc(OCC(=O)N(Cc2cccc(Br)c2)[C@H](C)C(=O)NCC(C)C)cc1C. The van der Waals surface area contributed by atoms with Gasteiger partial charge < -0.3 is 15.0 Å². The monoisotopic (exact) mass is 474 g/mol. The second-order valence-corrected chi connectivity index (χ2v) is 8.92. The van der Waals surface area contributed by atoms with Crippen molar-refractivity contribution in [2.24, 2.45) is 5.92 Å². The molecular formula is C24H31BrN2O3. The zero-order valence-electron chi connectivity index (χ0n) is 18.4. The van der Waals surface area contributed by atoms with Crippen molar-refractivity contribution in [2.45, 2.75) is 47.2 Å². The van der Waals surface area contributed by atoms with E-state index < -0.39 is 6.04 Å². The molecule has 0 aliphatic rings. The van der Waals surface area contributed by atoms with E-state index in [0.717, 1.165) is 15.6 Å². The van der Waals surface area contributed by atoms with Gasteiger partial charge in [0.2, 0.25) is 5.91 Å². The summed E-state index contributed by atoms with van der Waals surface area (Å²) < 4.78 is 6.67. The number of halogens is 1. The molecular weight excluding hydrogens is 444 g/mol. The molecule has 5 nitrogen and oxygen atoms in total. The number of rotatable bonds is 9. The zero-order chi connectivity index (χ0) is 22.3. The lowest BCUT2D eigenvalue weighted by Gasteiger charge is -2.29. The van der Waals surface area contributed by atoms with E-state index in [0.29, 0.717) is 24.8 Å². The zero-order valence-corrected chi connectivity index (χ0v) is 20.0. The first kappa shape index (κ1) is 23.9. The van der Waals surface area contributed by atoms with E-state index in [1.54, 1.807) is 11.8 Å². The summed E-state index contributed by atoms with van der Waals surface area (Å²) in [5.41, 5.74) is 3.21. The smallest absolute Gasteiger partial charge is 0.261 e. The van der Waals surface area contributed by atoms with Gasteiger partial charge in [0.1, 0.15) is 11.8 Å². The van der Waals surface area contributed by atoms with Crippen LogP contribution in [0.4, 0.5) is 0 Å². The van der Waals surface area contributed by atoms with E-state index in [-0.39, 0.29) is 18.4 Å². The molecule has 0 unspecified atom stereocenters. The van der Waals surface area contributed by atoms with Gasteiger partial charge in [-0.1, -0.05) is 48.0 Å². The first-order chi connectivity index (χ1) is 14.2. The van der Waals surface area contributed by atoms with Gasteiger partial charge in [-0.2, -0.15) is 0 Å². The fraction of sp³-hybridized carbons (Fsp3) is 0.417. The van der Waals surface area contributed by atoms with Gasteiger partial charge in [0.05, 0.1) is 0 Å². The highest BCUT2D eigenvalue weighted by Gasteiger charge is 2.26. The van der Waals surface area contributed by atoms with Crippen LogP contribution in [0.2, 0.25) is 0 Å². The largest absolute Gasteiger partial charge is 0.484 e. The van der Waals surface area contributed by atoms with Crippen molar-refractivity contribution >= 4 is 27.7 Å². The van der Waals surface area contributed by atoms with E-state index in [1.165, 1.54) is 5.56 Å². The molecule has 0 heterocycles. The van der Waals surface area contributed by atoms with Crippen LogP contribution in [0.1, 0.15) is 37.5 Å². The maximum Gasteiger partial charge on any atom is 0.261 e. The van der Waals surface area contributed by atoms with E-state index in [9.17, 15) is 9.59 Å². The Morgan fingerprint density at radius 1 is 1.07 bits per heavy atom. The fourth-order valence-electron chi connectivity index (χ4n) is 2.90. The van der Waals surface area contributed by atoms with Crippen LogP contribution in [-0.2, 0) is 16.1 Å². The van der Waals surface area contributed by atoms with E-state index in [4.69, 9.17) is 4.74 Å². The number of nitrogens with one attached hydrogen (secondary N) is 1. The maximum absolute atomic E-state index is 13.1. The fourth-order valence-corrected chi connectivity index (χ4v) is 3.35. The Labute approximate surface area is 187 Å². The topological polar surface area (TPSA) is 58.6 Å². The number of amides is 2. The number of carbonyl (C=O) groups excluding carboxylic acids is 2. The number of nitrogens with zero attached hydrogens (tertiary/aromatic N) is 1. The molecule has 0 spiro atoms. The molecule has 30 heavy (non-hydrogen) atoms. The highest BCUT2D eigenvalue weighted by molar-refractivity contribution is 9.10. The van der Waals surface area contributed by atoms with Crippen LogP contribution in [0.3, 0.4) is 0 Å². The first-order valence-corrected chi connectivity index (χ1v) is 11.0. The summed E-state index contributed by atoms with van der Waals surface area (Å²) in [6, 6.07) is 12.9. The standard InChI is InChI=1S/C24H31BrN2O3/c1-16(2)13-26-24(29)19(5)27(14-20-7-6-8-21(25)12-20)23(28)15-30-22-10-9-17(3)18(4)11-22/h6-12,16,19H,13-15H2,1-5H3,(H,26,29)/t19-/m1/s1. The predicted octanol–water partition coefficient (Wildman–Crippen LogP) is 4.63. The van der Waals surface area contributed by atoms with Crippen LogP contribution in [0.25, 0.3) is 0 Å². The molecule has 0 aliphatic heterocycles. The van der Waals surface area contributed by atoms with Crippen LogP contribution in [0.5, 0.6) is 5.75 Å². The number of hydrogen-bond acceptors (Lipinski definition) is 3. The molecule has 2 rings (SSSR count).